The minimum atomic E-state index is 0.449. The number of hydrogen-bond acceptors (Lipinski definition) is 6. The summed E-state index contributed by atoms with van der Waals surface area (Å²) in [5, 5.41) is 3.55. The normalized spacial score (nSPS) is 16.1. The van der Waals surface area contributed by atoms with Crippen molar-refractivity contribution in [1.82, 2.24) is 15.2 Å². The van der Waals surface area contributed by atoms with Crippen LogP contribution in [0.15, 0.2) is 42.6 Å². The fourth-order valence-corrected chi connectivity index (χ4v) is 3.16. The third-order valence-corrected chi connectivity index (χ3v) is 4.79. The molecule has 1 fully saturated rings. The molecule has 146 valence electrons. The Bertz CT molecular complexity index is 690. The first-order valence-electron chi connectivity index (χ1n) is 9.48. The summed E-state index contributed by atoms with van der Waals surface area (Å²) in [7, 11) is 1.68. The Balaban J connectivity index is 1.57. The summed E-state index contributed by atoms with van der Waals surface area (Å²) < 4.78 is 16.8. The average molecular weight is 371 g/mol. The lowest BCUT2D eigenvalue weighted by Crippen LogP contribution is -2.46. The molecule has 0 amide bonds. The number of methoxy groups -OCH3 is 1. The Kier molecular flexibility index (Phi) is 7.45. The van der Waals surface area contributed by atoms with Gasteiger partial charge < -0.3 is 19.5 Å². The molecule has 6 heteroatoms. The minimum Gasteiger partial charge on any atom is -0.497 e. The molecule has 3 rings (SSSR count). The molecule has 0 radical (unpaired) electrons. The van der Waals surface area contributed by atoms with Crippen molar-refractivity contribution in [2.45, 2.75) is 26.1 Å². The van der Waals surface area contributed by atoms with Gasteiger partial charge in [0.15, 0.2) is 0 Å². The summed E-state index contributed by atoms with van der Waals surface area (Å²) in [6.07, 6.45) is 1.78. The van der Waals surface area contributed by atoms with Crippen LogP contribution in [0.25, 0.3) is 0 Å². The molecule has 1 aromatic carbocycles. The van der Waals surface area contributed by atoms with E-state index in [1.54, 1.807) is 13.3 Å². The van der Waals surface area contributed by atoms with Crippen molar-refractivity contribution >= 4 is 0 Å². The maximum atomic E-state index is 6.01. The van der Waals surface area contributed by atoms with Gasteiger partial charge in [0.1, 0.15) is 18.1 Å². The van der Waals surface area contributed by atoms with Crippen LogP contribution in [0.1, 0.15) is 18.2 Å². The van der Waals surface area contributed by atoms with E-state index < -0.39 is 0 Å². The topological polar surface area (TPSA) is 55.9 Å². The van der Waals surface area contributed by atoms with E-state index in [-0.39, 0.29) is 0 Å². The van der Waals surface area contributed by atoms with Gasteiger partial charge in [-0.3, -0.25) is 9.88 Å². The van der Waals surface area contributed by atoms with Gasteiger partial charge in [0.05, 0.1) is 26.0 Å². The molecular weight excluding hydrogens is 342 g/mol. The molecule has 1 aromatic heterocycles. The van der Waals surface area contributed by atoms with Crippen LogP contribution in [-0.2, 0) is 17.9 Å². The molecule has 2 heterocycles. The molecule has 1 aliphatic heterocycles. The van der Waals surface area contributed by atoms with E-state index in [1.807, 2.05) is 36.4 Å². The number of hydrogen-bond donors (Lipinski definition) is 1. The highest BCUT2D eigenvalue weighted by atomic mass is 16.5. The van der Waals surface area contributed by atoms with Crippen molar-refractivity contribution in [1.29, 1.82) is 0 Å². The van der Waals surface area contributed by atoms with Crippen LogP contribution in [0.2, 0.25) is 0 Å². The Labute approximate surface area is 161 Å². The van der Waals surface area contributed by atoms with Crippen LogP contribution in [-0.4, -0.2) is 55.9 Å². The summed E-state index contributed by atoms with van der Waals surface area (Å²) in [5.41, 5.74) is 1.99. The van der Waals surface area contributed by atoms with Gasteiger partial charge in [0.25, 0.3) is 0 Å². The van der Waals surface area contributed by atoms with Crippen molar-refractivity contribution in [3.05, 3.63) is 53.9 Å². The van der Waals surface area contributed by atoms with Crippen LogP contribution in [0, 0.1) is 0 Å². The fourth-order valence-electron chi connectivity index (χ4n) is 3.16. The third kappa shape index (κ3) is 5.92. The molecule has 6 nitrogen and oxygen atoms in total. The van der Waals surface area contributed by atoms with Crippen LogP contribution < -0.4 is 14.8 Å². The lowest BCUT2D eigenvalue weighted by molar-refractivity contribution is 0.0203. The predicted octanol–water partition coefficient (Wildman–Crippen LogP) is 2.48. The molecule has 1 N–H and O–H groups in total. The molecule has 0 saturated carbocycles. The lowest BCUT2D eigenvalue weighted by Gasteiger charge is -2.32. The summed E-state index contributed by atoms with van der Waals surface area (Å²) in [6, 6.07) is 12.2. The van der Waals surface area contributed by atoms with E-state index in [0.29, 0.717) is 12.6 Å². The Morgan fingerprint density at radius 2 is 2.07 bits per heavy atom. The highest BCUT2D eigenvalue weighted by Crippen LogP contribution is 2.25. The second-order valence-corrected chi connectivity index (χ2v) is 6.71. The van der Waals surface area contributed by atoms with Crippen LogP contribution >= 0.6 is 0 Å². The van der Waals surface area contributed by atoms with Crippen molar-refractivity contribution in [2.24, 2.45) is 0 Å². The zero-order chi connectivity index (χ0) is 18.9. The molecule has 27 heavy (non-hydrogen) atoms. The van der Waals surface area contributed by atoms with Crippen LogP contribution in [0.4, 0.5) is 0 Å². The molecule has 0 bridgehead atoms. The Morgan fingerprint density at radius 1 is 1.22 bits per heavy atom. The number of nitrogens with zero attached hydrogens (tertiary/aromatic N) is 2. The molecular formula is C21H29N3O3. The van der Waals surface area contributed by atoms with E-state index in [9.17, 15) is 0 Å². The van der Waals surface area contributed by atoms with Gasteiger partial charge >= 0.3 is 0 Å². The summed E-state index contributed by atoms with van der Waals surface area (Å²) in [4.78, 5) is 6.77. The van der Waals surface area contributed by atoms with Crippen molar-refractivity contribution in [2.75, 3.05) is 40.0 Å². The quantitative estimate of drug-likeness (QED) is 0.731. The smallest absolute Gasteiger partial charge is 0.130 e. The maximum Gasteiger partial charge on any atom is 0.130 e. The van der Waals surface area contributed by atoms with Gasteiger partial charge in [-0.25, -0.2) is 0 Å². The number of benzene rings is 1. The van der Waals surface area contributed by atoms with E-state index >= 15 is 0 Å². The molecule has 1 saturated heterocycles. The van der Waals surface area contributed by atoms with Gasteiger partial charge in [-0.2, -0.15) is 0 Å². The van der Waals surface area contributed by atoms with Gasteiger partial charge in [-0.1, -0.05) is 6.07 Å². The summed E-state index contributed by atoms with van der Waals surface area (Å²) in [5.74, 6) is 1.69. The fraction of sp³-hybridized carbons (Fsp3) is 0.476. The molecule has 2 aromatic rings. The maximum absolute atomic E-state index is 6.01. The predicted molar refractivity (Wildman–Crippen MR) is 105 cm³/mol. The SMILES string of the molecule is COc1ccc(OCc2ccccn2)c(CNCC(C)N2CCOCC2)c1. The number of pyridine rings is 1. The first-order valence-corrected chi connectivity index (χ1v) is 9.48. The first-order chi connectivity index (χ1) is 13.3. The number of nitrogens with one attached hydrogen (secondary N) is 1. The largest absolute Gasteiger partial charge is 0.497 e. The summed E-state index contributed by atoms with van der Waals surface area (Å²) >= 11 is 0. The first kappa shape index (κ1) is 19.6. The zero-order valence-corrected chi connectivity index (χ0v) is 16.2. The van der Waals surface area contributed by atoms with Crippen LogP contribution in [0.5, 0.6) is 11.5 Å². The Morgan fingerprint density at radius 3 is 2.81 bits per heavy atom. The number of morpholine rings is 1. The van der Waals surface area contributed by atoms with E-state index in [4.69, 9.17) is 14.2 Å². The average Bonchev–Trinajstić information content (AvgIpc) is 2.74. The molecule has 1 atom stereocenters. The zero-order valence-electron chi connectivity index (χ0n) is 16.2. The Hall–Kier alpha value is -2.15. The minimum absolute atomic E-state index is 0.449. The lowest BCUT2D eigenvalue weighted by atomic mass is 10.1. The van der Waals surface area contributed by atoms with Crippen molar-refractivity contribution in [3.8, 4) is 11.5 Å². The monoisotopic (exact) mass is 371 g/mol. The molecule has 1 aliphatic rings. The highest BCUT2D eigenvalue weighted by Gasteiger charge is 2.16. The van der Waals surface area contributed by atoms with Crippen LogP contribution in [0.3, 0.4) is 0 Å². The van der Waals surface area contributed by atoms with Gasteiger partial charge in [-0.05, 0) is 37.3 Å². The number of aromatic nitrogens is 1. The third-order valence-electron chi connectivity index (χ3n) is 4.79. The van der Waals surface area contributed by atoms with Gasteiger partial charge in [0.2, 0.25) is 0 Å². The number of rotatable bonds is 9. The van der Waals surface area contributed by atoms with E-state index in [0.717, 1.165) is 62.1 Å². The van der Waals surface area contributed by atoms with Gasteiger partial charge in [-0.15, -0.1) is 0 Å². The number of ether oxygens (including phenoxy) is 3. The van der Waals surface area contributed by atoms with Gasteiger partial charge in [0, 0.05) is 44.0 Å². The standard InChI is InChI=1S/C21H29N3O3/c1-17(24-9-11-26-12-10-24)14-22-15-18-13-20(25-2)6-7-21(18)27-16-19-5-3-4-8-23-19/h3-8,13,17,22H,9-12,14-16H2,1-2H3. The molecule has 0 spiro atoms. The highest BCUT2D eigenvalue weighted by molar-refractivity contribution is 5.40. The molecule has 1 unspecified atom stereocenters. The summed E-state index contributed by atoms with van der Waals surface area (Å²) in [6.45, 7) is 7.99. The second-order valence-electron chi connectivity index (χ2n) is 6.71. The molecule has 0 aliphatic carbocycles. The van der Waals surface area contributed by atoms with E-state index in [2.05, 4.69) is 22.1 Å². The van der Waals surface area contributed by atoms with Crippen molar-refractivity contribution in [3.63, 3.8) is 0 Å². The van der Waals surface area contributed by atoms with Crippen molar-refractivity contribution < 1.29 is 14.2 Å². The van der Waals surface area contributed by atoms with E-state index in [1.165, 1.54) is 0 Å². The second kappa shape index (κ2) is 10.3.